The number of hydrogen-bond donors (Lipinski definition) is 2. The highest BCUT2D eigenvalue weighted by molar-refractivity contribution is 5.83. The largest absolute Gasteiger partial charge is 0.370 e. The Morgan fingerprint density at radius 1 is 1.73 bits per heavy atom. The summed E-state index contributed by atoms with van der Waals surface area (Å²) in [5.74, 6) is 1.19. The zero-order valence-corrected chi connectivity index (χ0v) is 7.35. The van der Waals surface area contributed by atoms with Crippen LogP contribution < -0.4 is 10.6 Å². The molecule has 0 spiro atoms. The Morgan fingerprint density at radius 3 is 3.09 bits per heavy atom. The highest BCUT2D eigenvalue weighted by atomic mass is 15.1. The Bertz CT molecular complexity index is 142. The zero-order chi connectivity index (χ0) is 8.10. The molecule has 0 saturated heterocycles. The average molecular weight is 155 g/mol. The molecule has 0 aliphatic carbocycles. The lowest BCUT2D eigenvalue weighted by molar-refractivity contribution is 0.706. The van der Waals surface area contributed by atoms with Gasteiger partial charge in [-0.25, -0.2) is 0 Å². The van der Waals surface area contributed by atoms with Crippen LogP contribution in [0.1, 0.15) is 19.8 Å². The fourth-order valence-electron chi connectivity index (χ4n) is 1.21. The monoisotopic (exact) mass is 155 g/mol. The lowest BCUT2D eigenvalue weighted by Crippen LogP contribution is -2.27. The van der Waals surface area contributed by atoms with Crippen LogP contribution in [0, 0.1) is 0 Å². The van der Waals surface area contributed by atoms with E-state index in [1.165, 1.54) is 12.3 Å². The van der Waals surface area contributed by atoms with Crippen molar-refractivity contribution in [3.05, 3.63) is 0 Å². The molecule has 0 bridgehead atoms. The Labute approximate surface area is 68.3 Å². The van der Waals surface area contributed by atoms with E-state index in [0.717, 1.165) is 19.5 Å². The van der Waals surface area contributed by atoms with Gasteiger partial charge in [0.1, 0.15) is 0 Å². The summed E-state index contributed by atoms with van der Waals surface area (Å²) in [6, 6.07) is 0.555. The molecule has 2 N–H and O–H groups in total. The minimum Gasteiger partial charge on any atom is -0.370 e. The molecule has 64 valence electrons. The molecule has 0 aromatic rings. The van der Waals surface area contributed by atoms with Crippen LogP contribution in [0.5, 0.6) is 0 Å². The molecule has 0 amide bonds. The van der Waals surface area contributed by atoms with E-state index in [9.17, 15) is 0 Å². The third-order valence-electron chi connectivity index (χ3n) is 1.81. The highest BCUT2D eigenvalue weighted by Gasteiger charge is 2.10. The van der Waals surface area contributed by atoms with Gasteiger partial charge in [0.15, 0.2) is 0 Å². The molecule has 1 aliphatic heterocycles. The van der Waals surface area contributed by atoms with Crippen LogP contribution >= 0.6 is 0 Å². The van der Waals surface area contributed by atoms with E-state index in [0.29, 0.717) is 6.04 Å². The van der Waals surface area contributed by atoms with Crippen molar-refractivity contribution in [2.24, 2.45) is 4.99 Å². The van der Waals surface area contributed by atoms with E-state index in [1.54, 1.807) is 0 Å². The molecule has 1 atom stereocenters. The smallest absolute Gasteiger partial charge is 0.0967 e. The standard InChI is InChI=1S/C8H17N3/c1-7-6-10-8(11-7)4-3-5-9-2/h7,9H,3-6H2,1-2H3,(H,10,11). The Hall–Kier alpha value is -0.570. The van der Waals surface area contributed by atoms with Gasteiger partial charge < -0.3 is 10.6 Å². The molecule has 0 saturated carbocycles. The van der Waals surface area contributed by atoms with Gasteiger partial charge in [0.2, 0.25) is 0 Å². The van der Waals surface area contributed by atoms with Crippen molar-refractivity contribution >= 4 is 5.84 Å². The van der Waals surface area contributed by atoms with Crippen molar-refractivity contribution in [1.29, 1.82) is 0 Å². The van der Waals surface area contributed by atoms with E-state index in [4.69, 9.17) is 0 Å². The predicted molar refractivity (Wildman–Crippen MR) is 48.1 cm³/mol. The number of amidine groups is 1. The van der Waals surface area contributed by atoms with Gasteiger partial charge in [-0.2, -0.15) is 0 Å². The minimum absolute atomic E-state index is 0.555. The van der Waals surface area contributed by atoms with Crippen LogP contribution in [0.4, 0.5) is 0 Å². The van der Waals surface area contributed by atoms with Crippen LogP contribution in [-0.4, -0.2) is 32.0 Å². The SMILES string of the molecule is CNCCCC1=NCC(C)N1. The third kappa shape index (κ3) is 2.89. The van der Waals surface area contributed by atoms with Crippen LogP contribution in [0.25, 0.3) is 0 Å². The van der Waals surface area contributed by atoms with Gasteiger partial charge in [0.05, 0.1) is 12.4 Å². The lowest BCUT2D eigenvalue weighted by Gasteiger charge is -2.04. The summed E-state index contributed by atoms with van der Waals surface area (Å²) in [5.41, 5.74) is 0. The van der Waals surface area contributed by atoms with Crippen molar-refractivity contribution in [3.8, 4) is 0 Å². The second-order valence-corrected chi connectivity index (χ2v) is 3.04. The Kier molecular flexibility index (Phi) is 3.36. The second kappa shape index (κ2) is 4.34. The van der Waals surface area contributed by atoms with Crippen LogP contribution in [-0.2, 0) is 0 Å². The van der Waals surface area contributed by atoms with Crippen molar-refractivity contribution in [3.63, 3.8) is 0 Å². The summed E-state index contributed by atoms with van der Waals surface area (Å²) in [6.45, 7) is 4.19. The Morgan fingerprint density at radius 2 is 2.55 bits per heavy atom. The number of nitrogens with zero attached hydrogens (tertiary/aromatic N) is 1. The molecule has 1 heterocycles. The molecule has 11 heavy (non-hydrogen) atoms. The van der Waals surface area contributed by atoms with Gasteiger partial charge >= 0.3 is 0 Å². The van der Waals surface area contributed by atoms with Gasteiger partial charge in [-0.15, -0.1) is 0 Å². The van der Waals surface area contributed by atoms with Gasteiger partial charge in [-0.1, -0.05) is 0 Å². The van der Waals surface area contributed by atoms with E-state index in [1.807, 2.05) is 7.05 Å². The summed E-state index contributed by atoms with van der Waals surface area (Å²) >= 11 is 0. The topological polar surface area (TPSA) is 36.4 Å². The second-order valence-electron chi connectivity index (χ2n) is 3.04. The molecule has 1 unspecified atom stereocenters. The molecular weight excluding hydrogens is 138 g/mol. The highest BCUT2D eigenvalue weighted by Crippen LogP contribution is 1.99. The first-order valence-electron chi connectivity index (χ1n) is 4.27. The molecule has 0 aromatic carbocycles. The fourth-order valence-corrected chi connectivity index (χ4v) is 1.21. The molecule has 3 nitrogen and oxygen atoms in total. The lowest BCUT2D eigenvalue weighted by atomic mass is 10.3. The molecule has 0 radical (unpaired) electrons. The summed E-state index contributed by atoms with van der Waals surface area (Å²) in [5, 5.41) is 6.46. The average Bonchev–Trinajstić information content (AvgIpc) is 2.37. The normalized spacial score (nSPS) is 23.1. The number of rotatable bonds is 4. The zero-order valence-electron chi connectivity index (χ0n) is 7.35. The number of hydrogen-bond acceptors (Lipinski definition) is 3. The van der Waals surface area contributed by atoms with E-state index < -0.39 is 0 Å². The van der Waals surface area contributed by atoms with E-state index in [2.05, 4.69) is 22.5 Å². The maximum absolute atomic E-state index is 4.37. The van der Waals surface area contributed by atoms with Crippen molar-refractivity contribution < 1.29 is 0 Å². The quantitative estimate of drug-likeness (QED) is 0.576. The first-order chi connectivity index (χ1) is 5.33. The van der Waals surface area contributed by atoms with Crippen LogP contribution in [0.3, 0.4) is 0 Å². The number of nitrogens with one attached hydrogen (secondary N) is 2. The molecular formula is C8H17N3. The summed E-state index contributed by atoms with van der Waals surface area (Å²) < 4.78 is 0. The van der Waals surface area contributed by atoms with Crippen LogP contribution in [0.15, 0.2) is 4.99 Å². The van der Waals surface area contributed by atoms with Crippen LogP contribution in [0.2, 0.25) is 0 Å². The Balaban J connectivity index is 2.08. The first-order valence-corrected chi connectivity index (χ1v) is 4.27. The predicted octanol–water partition coefficient (Wildman–Crippen LogP) is 0.376. The van der Waals surface area contributed by atoms with Crippen molar-refractivity contribution in [2.45, 2.75) is 25.8 Å². The maximum atomic E-state index is 4.37. The minimum atomic E-state index is 0.555. The molecule has 0 aromatic heterocycles. The van der Waals surface area contributed by atoms with E-state index in [-0.39, 0.29) is 0 Å². The molecule has 0 fully saturated rings. The third-order valence-corrected chi connectivity index (χ3v) is 1.81. The van der Waals surface area contributed by atoms with Crippen molar-refractivity contribution in [1.82, 2.24) is 10.6 Å². The number of aliphatic imine (C=N–C) groups is 1. The fraction of sp³-hybridized carbons (Fsp3) is 0.875. The molecule has 1 aliphatic rings. The van der Waals surface area contributed by atoms with Gasteiger partial charge in [0, 0.05) is 12.5 Å². The van der Waals surface area contributed by atoms with Crippen molar-refractivity contribution in [2.75, 3.05) is 20.1 Å². The van der Waals surface area contributed by atoms with Gasteiger partial charge in [-0.05, 0) is 26.9 Å². The maximum Gasteiger partial charge on any atom is 0.0967 e. The first kappa shape index (κ1) is 8.53. The summed E-state index contributed by atoms with van der Waals surface area (Å²) in [7, 11) is 1.98. The van der Waals surface area contributed by atoms with E-state index >= 15 is 0 Å². The summed E-state index contributed by atoms with van der Waals surface area (Å²) in [4.78, 5) is 4.37. The molecule has 3 heteroatoms. The van der Waals surface area contributed by atoms with Gasteiger partial charge in [0.25, 0.3) is 0 Å². The van der Waals surface area contributed by atoms with Gasteiger partial charge in [-0.3, -0.25) is 4.99 Å². The summed E-state index contributed by atoms with van der Waals surface area (Å²) in [6.07, 6.45) is 2.26. The molecule has 1 rings (SSSR count).